The van der Waals surface area contributed by atoms with Crippen LogP contribution in [-0.4, -0.2) is 5.97 Å². The minimum absolute atomic E-state index is 0.214. The van der Waals surface area contributed by atoms with Crippen molar-refractivity contribution in [2.45, 2.75) is 0 Å². The molecule has 19 heavy (non-hydrogen) atoms. The molecule has 2 aromatic rings. The second kappa shape index (κ2) is 5.87. The minimum atomic E-state index is -0.603. The third kappa shape index (κ3) is 3.14. The molecule has 3 nitrogen and oxygen atoms in total. The number of esters is 1. The summed E-state index contributed by atoms with van der Waals surface area (Å²) in [5.41, 5.74) is 0.533. The summed E-state index contributed by atoms with van der Waals surface area (Å²) in [4.78, 5) is 12.0. The highest BCUT2D eigenvalue weighted by Crippen LogP contribution is 2.24. The van der Waals surface area contributed by atoms with Crippen molar-refractivity contribution in [3.05, 3.63) is 63.1 Å². The predicted molar refractivity (Wildman–Crippen MR) is 75.3 cm³/mol. The maximum absolute atomic E-state index is 12.0. The Bertz CT molecular complexity index is 679. The summed E-state index contributed by atoms with van der Waals surface area (Å²) in [5, 5.41) is 9.22. The van der Waals surface area contributed by atoms with E-state index in [0.717, 1.165) is 4.47 Å². The molecular weight excluding hydrogens is 330 g/mol. The van der Waals surface area contributed by atoms with Crippen molar-refractivity contribution in [2.24, 2.45) is 0 Å². The van der Waals surface area contributed by atoms with E-state index in [1.807, 2.05) is 6.07 Å². The van der Waals surface area contributed by atoms with Gasteiger partial charge in [0, 0.05) is 4.47 Å². The topological polar surface area (TPSA) is 50.1 Å². The van der Waals surface area contributed by atoms with Crippen LogP contribution in [0.5, 0.6) is 5.75 Å². The largest absolute Gasteiger partial charge is 0.421 e. The van der Waals surface area contributed by atoms with E-state index in [1.165, 1.54) is 0 Å². The highest BCUT2D eigenvalue weighted by molar-refractivity contribution is 9.10. The van der Waals surface area contributed by atoms with E-state index in [-0.39, 0.29) is 11.3 Å². The van der Waals surface area contributed by atoms with Gasteiger partial charge in [-0.1, -0.05) is 39.7 Å². The van der Waals surface area contributed by atoms with Crippen molar-refractivity contribution in [3.63, 3.8) is 0 Å². The summed E-state index contributed by atoms with van der Waals surface area (Å²) in [6.45, 7) is 0. The van der Waals surface area contributed by atoms with Crippen LogP contribution < -0.4 is 4.74 Å². The van der Waals surface area contributed by atoms with E-state index in [9.17, 15) is 4.79 Å². The molecule has 0 heterocycles. The van der Waals surface area contributed by atoms with Crippen molar-refractivity contribution in [1.29, 1.82) is 5.26 Å². The fourth-order valence-corrected chi connectivity index (χ4v) is 2.01. The lowest BCUT2D eigenvalue weighted by Gasteiger charge is -2.07. The van der Waals surface area contributed by atoms with Gasteiger partial charge < -0.3 is 4.74 Å². The van der Waals surface area contributed by atoms with Crippen molar-refractivity contribution >= 4 is 33.5 Å². The van der Waals surface area contributed by atoms with Crippen molar-refractivity contribution in [3.8, 4) is 11.8 Å². The zero-order chi connectivity index (χ0) is 13.8. The van der Waals surface area contributed by atoms with Crippen molar-refractivity contribution < 1.29 is 9.53 Å². The lowest BCUT2D eigenvalue weighted by atomic mass is 10.2. The fraction of sp³-hybridized carbons (Fsp3) is 0. The monoisotopic (exact) mass is 335 g/mol. The Morgan fingerprint density at radius 2 is 2.00 bits per heavy atom. The average molecular weight is 337 g/mol. The quantitative estimate of drug-likeness (QED) is 0.610. The van der Waals surface area contributed by atoms with Crippen molar-refractivity contribution in [1.82, 2.24) is 0 Å². The SMILES string of the molecule is N#Cc1ccccc1OC(=O)c1cc(Br)ccc1Cl. The second-order valence-electron chi connectivity index (χ2n) is 3.62. The molecule has 0 aliphatic rings. The maximum atomic E-state index is 12.0. The van der Waals surface area contributed by atoms with Crippen LogP contribution in [0, 0.1) is 11.3 Å². The zero-order valence-electron chi connectivity index (χ0n) is 9.56. The molecule has 5 heteroatoms. The second-order valence-corrected chi connectivity index (χ2v) is 4.94. The first kappa shape index (κ1) is 13.6. The Morgan fingerprint density at radius 3 is 2.74 bits per heavy atom. The van der Waals surface area contributed by atoms with Gasteiger partial charge in [-0.3, -0.25) is 0 Å². The lowest BCUT2D eigenvalue weighted by Crippen LogP contribution is -2.10. The number of nitriles is 1. The number of hydrogen-bond donors (Lipinski definition) is 0. The highest BCUT2D eigenvalue weighted by Gasteiger charge is 2.15. The molecular formula is C14H7BrClNO2. The number of rotatable bonds is 2. The highest BCUT2D eigenvalue weighted by atomic mass is 79.9. The molecule has 0 aliphatic carbocycles. The Kier molecular flexibility index (Phi) is 4.20. The van der Waals surface area contributed by atoms with Crippen LogP contribution in [0.3, 0.4) is 0 Å². The summed E-state index contributed by atoms with van der Waals surface area (Å²) < 4.78 is 5.91. The molecule has 0 bridgehead atoms. The number of ether oxygens (including phenoxy) is 1. The predicted octanol–water partition coefficient (Wildman–Crippen LogP) is 4.19. The van der Waals surface area contributed by atoms with Gasteiger partial charge in [-0.15, -0.1) is 0 Å². The van der Waals surface area contributed by atoms with E-state index < -0.39 is 5.97 Å². The number of carbonyl (C=O) groups is 1. The Hall–Kier alpha value is -1.83. The minimum Gasteiger partial charge on any atom is -0.421 e. The molecule has 0 spiro atoms. The van der Waals surface area contributed by atoms with Gasteiger partial charge in [0.25, 0.3) is 0 Å². The molecule has 2 aromatic carbocycles. The third-order valence-electron chi connectivity index (χ3n) is 2.36. The molecule has 0 fully saturated rings. The van der Waals surface area contributed by atoms with Crippen LogP contribution in [0.15, 0.2) is 46.9 Å². The van der Waals surface area contributed by atoms with Crippen LogP contribution in [0.2, 0.25) is 5.02 Å². The first-order valence-electron chi connectivity index (χ1n) is 5.28. The molecule has 0 saturated carbocycles. The summed E-state index contributed by atoms with van der Waals surface area (Å²) >= 11 is 9.20. The Morgan fingerprint density at radius 1 is 1.26 bits per heavy atom. The number of benzene rings is 2. The van der Waals surface area contributed by atoms with Gasteiger partial charge in [-0.05, 0) is 30.3 Å². The summed E-state index contributed by atoms with van der Waals surface area (Å²) in [7, 11) is 0. The van der Waals surface area contributed by atoms with E-state index in [0.29, 0.717) is 10.6 Å². The van der Waals surface area contributed by atoms with Crippen LogP contribution in [-0.2, 0) is 0 Å². The van der Waals surface area contributed by atoms with Gasteiger partial charge in [0.15, 0.2) is 0 Å². The first-order chi connectivity index (χ1) is 9.11. The molecule has 0 atom stereocenters. The van der Waals surface area contributed by atoms with Crippen LogP contribution in [0.25, 0.3) is 0 Å². The summed E-state index contributed by atoms with van der Waals surface area (Å²) in [5.74, 6) is -0.389. The number of halogens is 2. The number of hydrogen-bond acceptors (Lipinski definition) is 3. The summed E-state index contributed by atoms with van der Waals surface area (Å²) in [6, 6.07) is 13.4. The van der Waals surface area contributed by atoms with Gasteiger partial charge in [0.05, 0.1) is 16.1 Å². The van der Waals surface area contributed by atoms with Crippen LogP contribution >= 0.6 is 27.5 Å². The molecule has 94 valence electrons. The Labute approximate surface area is 123 Å². The van der Waals surface area contributed by atoms with E-state index in [2.05, 4.69) is 15.9 Å². The fourth-order valence-electron chi connectivity index (χ4n) is 1.46. The molecule has 0 N–H and O–H groups in total. The number of nitrogens with zero attached hydrogens (tertiary/aromatic N) is 1. The first-order valence-corrected chi connectivity index (χ1v) is 6.45. The van der Waals surface area contributed by atoms with Crippen molar-refractivity contribution in [2.75, 3.05) is 0 Å². The molecule has 0 aromatic heterocycles. The maximum Gasteiger partial charge on any atom is 0.345 e. The molecule has 0 aliphatic heterocycles. The Balaban J connectivity index is 2.31. The molecule has 0 unspecified atom stereocenters. The van der Waals surface area contributed by atoms with E-state index in [1.54, 1.807) is 42.5 Å². The van der Waals surface area contributed by atoms with Gasteiger partial charge in [-0.2, -0.15) is 5.26 Å². The molecule has 0 saturated heterocycles. The molecule has 0 radical (unpaired) electrons. The number of carbonyl (C=O) groups excluding carboxylic acids is 1. The zero-order valence-corrected chi connectivity index (χ0v) is 11.9. The molecule has 0 amide bonds. The van der Waals surface area contributed by atoms with Crippen LogP contribution in [0.1, 0.15) is 15.9 Å². The number of para-hydroxylation sites is 1. The van der Waals surface area contributed by atoms with E-state index >= 15 is 0 Å². The van der Waals surface area contributed by atoms with Gasteiger partial charge in [0.2, 0.25) is 0 Å². The molecule has 2 rings (SSSR count). The summed E-state index contributed by atoms with van der Waals surface area (Å²) in [6.07, 6.45) is 0. The lowest BCUT2D eigenvalue weighted by molar-refractivity contribution is 0.0734. The normalized spacial score (nSPS) is 9.74. The van der Waals surface area contributed by atoms with Gasteiger partial charge in [-0.25, -0.2) is 4.79 Å². The third-order valence-corrected chi connectivity index (χ3v) is 3.18. The van der Waals surface area contributed by atoms with Gasteiger partial charge >= 0.3 is 5.97 Å². The van der Waals surface area contributed by atoms with Crippen LogP contribution in [0.4, 0.5) is 0 Å². The standard InChI is InChI=1S/C14H7BrClNO2/c15-10-5-6-12(16)11(7-10)14(18)19-13-4-2-1-3-9(13)8-17/h1-7H. The average Bonchev–Trinajstić information content (AvgIpc) is 2.42. The van der Waals surface area contributed by atoms with E-state index in [4.69, 9.17) is 21.6 Å². The smallest absolute Gasteiger partial charge is 0.345 e. The van der Waals surface area contributed by atoms with Gasteiger partial charge in [0.1, 0.15) is 11.8 Å².